The minimum Gasteiger partial charge on any atom is -0.359 e. The quantitative estimate of drug-likeness (QED) is 0.177. The average Bonchev–Trinajstić information content (AvgIpc) is 3.21. The minimum absolute atomic E-state index is 0.254. The lowest BCUT2D eigenvalue weighted by molar-refractivity contribution is 0.664. The monoisotopic (exact) mass is 643 g/mol. The molecule has 0 amide bonds. The number of pyridine rings is 1. The molecule has 5 nitrogen and oxygen atoms in total. The van der Waals surface area contributed by atoms with Crippen LogP contribution in [0.4, 0.5) is 0 Å². The summed E-state index contributed by atoms with van der Waals surface area (Å²) in [6.07, 6.45) is 5.74. The second kappa shape index (κ2) is 12.8. The third-order valence-corrected chi connectivity index (χ3v) is 9.37. The van der Waals surface area contributed by atoms with Crippen molar-refractivity contribution in [2.24, 2.45) is 9.98 Å². The largest absolute Gasteiger partial charge is 0.359 e. The van der Waals surface area contributed by atoms with Crippen molar-refractivity contribution in [2.75, 3.05) is 0 Å². The third kappa shape index (κ3) is 5.45. The third-order valence-electron chi connectivity index (χ3n) is 9.37. The lowest BCUT2D eigenvalue weighted by Crippen LogP contribution is -2.26. The van der Waals surface area contributed by atoms with E-state index in [1.54, 1.807) is 0 Å². The van der Waals surface area contributed by atoms with E-state index in [0.717, 1.165) is 77.9 Å². The van der Waals surface area contributed by atoms with Crippen molar-refractivity contribution in [3.05, 3.63) is 209 Å². The molecule has 9 rings (SSSR count). The summed E-state index contributed by atoms with van der Waals surface area (Å²) >= 11 is 0. The van der Waals surface area contributed by atoms with Gasteiger partial charge in [0.1, 0.15) is 12.3 Å². The molecule has 2 aliphatic rings. The number of fused-ring (bicyclic) bond motifs is 2. The van der Waals surface area contributed by atoms with Gasteiger partial charge in [-0.1, -0.05) is 152 Å². The Morgan fingerprint density at radius 3 is 1.34 bits per heavy atom. The summed E-state index contributed by atoms with van der Waals surface area (Å²) in [5, 5.41) is 10.9. The van der Waals surface area contributed by atoms with Crippen LogP contribution in [0, 0.1) is 0 Å². The van der Waals surface area contributed by atoms with Crippen molar-refractivity contribution < 1.29 is 0 Å². The van der Waals surface area contributed by atoms with E-state index >= 15 is 0 Å². The van der Waals surface area contributed by atoms with Crippen LogP contribution in [0.3, 0.4) is 0 Å². The van der Waals surface area contributed by atoms with Gasteiger partial charge in [0, 0.05) is 34.1 Å². The number of allylic oxidation sites excluding steroid dienone is 2. The van der Waals surface area contributed by atoms with E-state index in [2.05, 4.69) is 150 Å². The Bertz CT molecular complexity index is 2230. The number of hydrogen-bond acceptors (Lipinski definition) is 5. The summed E-state index contributed by atoms with van der Waals surface area (Å²) in [6, 6.07) is 54.5. The molecule has 0 radical (unpaired) electrons. The van der Waals surface area contributed by atoms with Gasteiger partial charge < -0.3 is 10.6 Å². The molecule has 238 valence electrons. The summed E-state index contributed by atoms with van der Waals surface area (Å²) < 4.78 is 0. The molecule has 0 fully saturated rings. The fourth-order valence-corrected chi connectivity index (χ4v) is 7.04. The standard InChI is InChI=1S/C45H33N5/c1-5-16-30(17-6-1)37-28-39(49-44(47-37)32-20-9-3-10-21-32)41-34-24-13-14-25-35(34)42(43-36(41)26-15-27-46-43)40-29-38(31-18-7-2-8-19-31)48-45(50-40)33-22-11-4-12-23-33/h1-29,44-45,49-50H. The maximum atomic E-state index is 5.20. The van der Waals surface area contributed by atoms with E-state index in [9.17, 15) is 0 Å². The van der Waals surface area contributed by atoms with Crippen LogP contribution >= 0.6 is 0 Å². The molecule has 1 aromatic heterocycles. The first-order valence-electron chi connectivity index (χ1n) is 16.9. The first-order valence-corrected chi connectivity index (χ1v) is 16.9. The number of aromatic nitrogens is 1. The number of nitrogens with zero attached hydrogens (tertiary/aromatic N) is 3. The number of nitrogens with one attached hydrogen (secondary N) is 2. The molecule has 5 heteroatoms. The van der Waals surface area contributed by atoms with E-state index in [0.29, 0.717) is 0 Å². The van der Waals surface area contributed by atoms with Gasteiger partial charge in [-0.15, -0.1) is 0 Å². The fraction of sp³-hybridized carbons (Fsp3) is 0.0444. The van der Waals surface area contributed by atoms with Gasteiger partial charge >= 0.3 is 0 Å². The Labute approximate surface area is 291 Å². The highest BCUT2D eigenvalue weighted by Crippen LogP contribution is 2.41. The smallest absolute Gasteiger partial charge is 0.145 e. The Balaban J connectivity index is 1.27. The van der Waals surface area contributed by atoms with Gasteiger partial charge in [-0.2, -0.15) is 0 Å². The lowest BCUT2D eigenvalue weighted by Gasteiger charge is -2.29. The van der Waals surface area contributed by atoms with Crippen LogP contribution in [0.25, 0.3) is 33.1 Å². The molecule has 2 N–H and O–H groups in total. The van der Waals surface area contributed by atoms with Crippen molar-refractivity contribution in [1.29, 1.82) is 0 Å². The van der Waals surface area contributed by atoms with Gasteiger partial charge in [-0.05, 0) is 51.2 Å². The van der Waals surface area contributed by atoms with Crippen molar-refractivity contribution in [2.45, 2.75) is 12.3 Å². The van der Waals surface area contributed by atoms with Crippen LogP contribution in [0.5, 0.6) is 0 Å². The van der Waals surface area contributed by atoms with Crippen LogP contribution in [-0.4, -0.2) is 16.4 Å². The lowest BCUT2D eigenvalue weighted by atomic mass is 9.89. The summed E-state index contributed by atoms with van der Waals surface area (Å²) in [7, 11) is 0. The number of rotatable bonds is 6. The second-order valence-electron chi connectivity index (χ2n) is 12.5. The predicted octanol–water partition coefficient (Wildman–Crippen LogP) is 9.65. The molecule has 0 saturated heterocycles. The zero-order valence-electron chi connectivity index (χ0n) is 27.2. The first kappa shape index (κ1) is 29.5. The van der Waals surface area contributed by atoms with E-state index in [-0.39, 0.29) is 12.3 Å². The van der Waals surface area contributed by atoms with Crippen molar-refractivity contribution in [1.82, 2.24) is 15.6 Å². The van der Waals surface area contributed by atoms with Gasteiger partial charge in [-0.3, -0.25) is 15.0 Å². The van der Waals surface area contributed by atoms with Crippen LogP contribution in [0.15, 0.2) is 186 Å². The van der Waals surface area contributed by atoms with Gasteiger partial charge in [-0.25, -0.2) is 0 Å². The fourth-order valence-electron chi connectivity index (χ4n) is 7.04. The van der Waals surface area contributed by atoms with Crippen molar-refractivity contribution >= 4 is 44.5 Å². The number of aliphatic imine (C=N–C) groups is 2. The predicted molar refractivity (Wildman–Crippen MR) is 206 cm³/mol. The summed E-state index contributed by atoms with van der Waals surface area (Å²) in [6.45, 7) is 0. The molecule has 0 bridgehead atoms. The highest BCUT2D eigenvalue weighted by atomic mass is 15.1. The van der Waals surface area contributed by atoms with Crippen LogP contribution in [0.2, 0.25) is 0 Å². The van der Waals surface area contributed by atoms with Gasteiger partial charge in [0.2, 0.25) is 0 Å². The summed E-state index contributed by atoms with van der Waals surface area (Å²) in [5.41, 5.74) is 11.3. The van der Waals surface area contributed by atoms with E-state index in [1.165, 1.54) is 0 Å². The first-order chi connectivity index (χ1) is 24.8. The van der Waals surface area contributed by atoms with E-state index in [1.807, 2.05) is 36.5 Å². The Morgan fingerprint density at radius 2 is 0.820 bits per heavy atom. The Morgan fingerprint density at radius 1 is 0.400 bits per heavy atom. The van der Waals surface area contributed by atoms with Crippen LogP contribution in [-0.2, 0) is 0 Å². The molecule has 6 aromatic carbocycles. The molecule has 50 heavy (non-hydrogen) atoms. The maximum Gasteiger partial charge on any atom is 0.145 e. The molecule has 3 heterocycles. The van der Waals surface area contributed by atoms with Gasteiger partial charge in [0.15, 0.2) is 0 Å². The van der Waals surface area contributed by atoms with E-state index < -0.39 is 0 Å². The Kier molecular flexibility index (Phi) is 7.56. The molecule has 2 aliphatic heterocycles. The summed E-state index contributed by atoms with van der Waals surface area (Å²) in [4.78, 5) is 15.5. The number of benzene rings is 6. The average molecular weight is 644 g/mol. The van der Waals surface area contributed by atoms with Gasteiger partial charge in [0.25, 0.3) is 0 Å². The minimum atomic E-state index is -0.261. The summed E-state index contributed by atoms with van der Waals surface area (Å²) in [5.74, 6) is 0. The molecule has 0 saturated carbocycles. The van der Waals surface area contributed by atoms with Crippen molar-refractivity contribution in [3.8, 4) is 0 Å². The van der Waals surface area contributed by atoms with Crippen LogP contribution < -0.4 is 10.6 Å². The molecule has 2 unspecified atom stereocenters. The van der Waals surface area contributed by atoms with Crippen molar-refractivity contribution in [3.63, 3.8) is 0 Å². The SMILES string of the molecule is C1=C(c2c3ccccc3c(C3=CC(c4ccccc4)=NC(c4ccccc4)N3)c3ncccc23)NC(c2ccccc2)N=C1c1ccccc1. The topological polar surface area (TPSA) is 61.7 Å². The highest BCUT2D eigenvalue weighted by molar-refractivity contribution is 6.21. The molecular weight excluding hydrogens is 611 g/mol. The normalized spacial score (nSPS) is 17.2. The molecule has 7 aromatic rings. The maximum absolute atomic E-state index is 5.20. The number of hydrogen-bond donors (Lipinski definition) is 2. The molecule has 2 atom stereocenters. The zero-order valence-corrected chi connectivity index (χ0v) is 27.2. The highest BCUT2D eigenvalue weighted by Gasteiger charge is 2.27. The molecule has 0 aliphatic carbocycles. The zero-order chi connectivity index (χ0) is 33.3. The van der Waals surface area contributed by atoms with E-state index in [4.69, 9.17) is 15.0 Å². The van der Waals surface area contributed by atoms with Gasteiger partial charge in [0.05, 0.1) is 16.9 Å². The second-order valence-corrected chi connectivity index (χ2v) is 12.5. The molecular formula is C45H33N5. The van der Waals surface area contributed by atoms with Crippen LogP contribution in [0.1, 0.15) is 45.7 Å². The molecule has 0 spiro atoms. The Hall–Kier alpha value is -6.59.